The number of amides is 2. The van der Waals surface area contributed by atoms with E-state index in [-0.39, 0.29) is 17.9 Å². The van der Waals surface area contributed by atoms with Gasteiger partial charge in [-0.1, -0.05) is 52.0 Å². The molecule has 2 rings (SSSR count). The second kappa shape index (κ2) is 11.6. The number of hydrogen-bond donors (Lipinski definition) is 1. The molecule has 0 unspecified atom stereocenters. The van der Waals surface area contributed by atoms with Gasteiger partial charge in [0.2, 0.25) is 21.8 Å². The van der Waals surface area contributed by atoms with Crippen LogP contribution in [0.25, 0.3) is 0 Å². The first-order valence-electron chi connectivity index (χ1n) is 11.5. The summed E-state index contributed by atoms with van der Waals surface area (Å²) in [5.41, 5.74) is 2.11. The molecule has 0 aliphatic heterocycles. The van der Waals surface area contributed by atoms with E-state index in [1.807, 2.05) is 25.1 Å². The standard InChI is InChI=1S/C26H37N3O5S/c1-8-23(25(31)27-5)28(17-19-10-9-11-22(16-19)34-6)24(30)18-29(35(7,32)33)21-14-12-20(13-15-21)26(2,3)4/h9-16,23H,8,17-18H2,1-7H3,(H,27,31)/t23-/m0/s1. The van der Waals surface area contributed by atoms with Gasteiger partial charge in [0.15, 0.2) is 0 Å². The lowest BCUT2D eigenvalue weighted by Gasteiger charge is -2.32. The number of carbonyl (C=O) groups is 2. The van der Waals surface area contributed by atoms with Crippen molar-refractivity contribution >= 4 is 27.5 Å². The molecule has 2 amide bonds. The highest BCUT2D eigenvalue weighted by Gasteiger charge is 2.31. The van der Waals surface area contributed by atoms with Crippen LogP contribution in [0.15, 0.2) is 48.5 Å². The van der Waals surface area contributed by atoms with Crippen LogP contribution >= 0.6 is 0 Å². The second-order valence-corrected chi connectivity index (χ2v) is 11.4. The SMILES string of the molecule is CC[C@@H](C(=O)NC)N(Cc1cccc(OC)c1)C(=O)CN(c1ccc(C(C)(C)C)cc1)S(C)(=O)=O. The van der Waals surface area contributed by atoms with Gasteiger partial charge in [-0.05, 0) is 47.2 Å². The molecule has 8 nitrogen and oxygen atoms in total. The molecule has 35 heavy (non-hydrogen) atoms. The Labute approximate surface area is 209 Å². The molecule has 0 saturated carbocycles. The topological polar surface area (TPSA) is 96.0 Å². The summed E-state index contributed by atoms with van der Waals surface area (Å²) < 4.78 is 31.8. The summed E-state index contributed by atoms with van der Waals surface area (Å²) in [6.45, 7) is 7.72. The van der Waals surface area contributed by atoms with Crippen LogP contribution in [0.2, 0.25) is 0 Å². The van der Waals surface area contributed by atoms with Crippen molar-refractivity contribution in [3.63, 3.8) is 0 Å². The lowest BCUT2D eigenvalue weighted by atomic mass is 9.87. The predicted octanol–water partition coefficient (Wildman–Crippen LogP) is 3.31. The van der Waals surface area contributed by atoms with Gasteiger partial charge in [-0.15, -0.1) is 0 Å². The fourth-order valence-electron chi connectivity index (χ4n) is 3.80. The van der Waals surface area contributed by atoms with Gasteiger partial charge >= 0.3 is 0 Å². The summed E-state index contributed by atoms with van der Waals surface area (Å²) >= 11 is 0. The maximum absolute atomic E-state index is 13.6. The molecule has 1 atom stereocenters. The number of nitrogens with zero attached hydrogens (tertiary/aromatic N) is 2. The lowest BCUT2D eigenvalue weighted by molar-refractivity contribution is -0.140. The summed E-state index contributed by atoms with van der Waals surface area (Å²) in [5, 5.41) is 2.61. The quantitative estimate of drug-likeness (QED) is 0.537. The molecular weight excluding hydrogens is 466 g/mol. The number of ether oxygens (including phenoxy) is 1. The van der Waals surface area contributed by atoms with E-state index in [2.05, 4.69) is 26.1 Å². The largest absolute Gasteiger partial charge is 0.497 e. The first kappa shape index (κ1) is 28.2. The third kappa shape index (κ3) is 7.45. The van der Waals surface area contributed by atoms with E-state index in [1.54, 1.807) is 37.4 Å². The summed E-state index contributed by atoms with van der Waals surface area (Å²) in [6.07, 6.45) is 1.44. The second-order valence-electron chi connectivity index (χ2n) is 9.48. The molecule has 0 spiro atoms. The monoisotopic (exact) mass is 503 g/mol. The van der Waals surface area contributed by atoms with E-state index in [9.17, 15) is 18.0 Å². The minimum atomic E-state index is -3.77. The molecule has 1 N–H and O–H groups in total. The van der Waals surface area contributed by atoms with Crippen LogP contribution in [0.3, 0.4) is 0 Å². The molecular formula is C26H37N3O5S. The van der Waals surface area contributed by atoms with Crippen LogP contribution in [-0.4, -0.2) is 58.1 Å². The highest BCUT2D eigenvalue weighted by atomic mass is 32.2. The number of anilines is 1. The van der Waals surface area contributed by atoms with E-state index < -0.39 is 28.5 Å². The fourth-order valence-corrected chi connectivity index (χ4v) is 4.64. The van der Waals surface area contributed by atoms with Crippen LogP contribution in [0, 0.1) is 0 Å². The Kier molecular flexibility index (Phi) is 9.31. The van der Waals surface area contributed by atoms with Gasteiger partial charge in [0.1, 0.15) is 18.3 Å². The Bertz CT molecular complexity index is 1120. The molecule has 0 heterocycles. The van der Waals surface area contributed by atoms with Crippen LogP contribution in [0.5, 0.6) is 5.75 Å². The van der Waals surface area contributed by atoms with Gasteiger partial charge in [-0.2, -0.15) is 0 Å². The molecule has 0 radical (unpaired) electrons. The molecule has 0 aliphatic carbocycles. The van der Waals surface area contributed by atoms with Crippen molar-refractivity contribution < 1.29 is 22.7 Å². The number of sulfonamides is 1. The Morgan fingerprint density at radius 1 is 1.09 bits per heavy atom. The van der Waals surface area contributed by atoms with Crippen molar-refractivity contribution in [3.05, 3.63) is 59.7 Å². The summed E-state index contributed by atoms with van der Waals surface area (Å²) in [4.78, 5) is 27.6. The number of likely N-dealkylation sites (N-methyl/N-ethyl adjacent to an activating group) is 1. The smallest absolute Gasteiger partial charge is 0.244 e. The lowest BCUT2D eigenvalue weighted by Crippen LogP contribution is -2.51. The molecule has 2 aromatic carbocycles. The zero-order chi connectivity index (χ0) is 26.4. The zero-order valence-corrected chi connectivity index (χ0v) is 22.5. The van der Waals surface area contributed by atoms with Crippen molar-refractivity contribution in [1.82, 2.24) is 10.2 Å². The molecule has 0 saturated heterocycles. The zero-order valence-electron chi connectivity index (χ0n) is 21.7. The first-order valence-corrected chi connectivity index (χ1v) is 13.4. The molecule has 0 fully saturated rings. The fraction of sp³-hybridized carbons (Fsp3) is 0.462. The number of carbonyl (C=O) groups excluding carboxylic acids is 2. The molecule has 0 aromatic heterocycles. The summed E-state index contributed by atoms with van der Waals surface area (Å²) in [6, 6.07) is 13.6. The van der Waals surface area contributed by atoms with Gasteiger partial charge in [0, 0.05) is 13.6 Å². The maximum atomic E-state index is 13.6. The summed E-state index contributed by atoms with van der Waals surface area (Å²) in [7, 11) is -0.707. The third-order valence-corrected chi connectivity index (χ3v) is 6.96. The van der Waals surface area contributed by atoms with E-state index in [0.29, 0.717) is 17.9 Å². The summed E-state index contributed by atoms with van der Waals surface area (Å²) in [5.74, 6) is -0.169. The van der Waals surface area contributed by atoms with Gasteiger partial charge in [-0.3, -0.25) is 13.9 Å². The number of hydrogen-bond acceptors (Lipinski definition) is 5. The highest BCUT2D eigenvalue weighted by molar-refractivity contribution is 7.92. The van der Waals surface area contributed by atoms with Crippen LogP contribution in [-0.2, 0) is 31.6 Å². The van der Waals surface area contributed by atoms with Crippen molar-refractivity contribution in [2.24, 2.45) is 0 Å². The number of benzene rings is 2. The minimum Gasteiger partial charge on any atom is -0.497 e. The van der Waals surface area contributed by atoms with E-state index >= 15 is 0 Å². The highest BCUT2D eigenvalue weighted by Crippen LogP contribution is 2.26. The van der Waals surface area contributed by atoms with Crippen molar-refractivity contribution in [3.8, 4) is 5.75 Å². The first-order chi connectivity index (χ1) is 16.3. The van der Waals surface area contributed by atoms with Crippen LogP contribution in [0.1, 0.15) is 45.2 Å². The average Bonchev–Trinajstić information content (AvgIpc) is 2.80. The number of nitrogens with one attached hydrogen (secondary N) is 1. The molecule has 0 aliphatic rings. The van der Waals surface area contributed by atoms with Gasteiger partial charge in [0.25, 0.3) is 0 Å². The van der Waals surface area contributed by atoms with Crippen LogP contribution < -0.4 is 14.4 Å². The normalized spacial score (nSPS) is 12.5. The Hall–Kier alpha value is -3.07. The maximum Gasteiger partial charge on any atom is 0.244 e. The van der Waals surface area contributed by atoms with E-state index in [4.69, 9.17) is 4.74 Å². The minimum absolute atomic E-state index is 0.0975. The molecule has 192 valence electrons. The van der Waals surface area contributed by atoms with Crippen LogP contribution in [0.4, 0.5) is 5.69 Å². The average molecular weight is 504 g/mol. The Balaban J connectivity index is 2.44. The van der Waals surface area contributed by atoms with Gasteiger partial charge < -0.3 is 15.0 Å². The van der Waals surface area contributed by atoms with Crippen molar-refractivity contribution in [1.29, 1.82) is 0 Å². The predicted molar refractivity (Wildman–Crippen MR) is 139 cm³/mol. The van der Waals surface area contributed by atoms with E-state index in [0.717, 1.165) is 21.7 Å². The van der Waals surface area contributed by atoms with Gasteiger partial charge in [0.05, 0.1) is 19.1 Å². The number of rotatable bonds is 10. The Morgan fingerprint density at radius 3 is 2.20 bits per heavy atom. The third-order valence-electron chi connectivity index (χ3n) is 5.82. The Morgan fingerprint density at radius 2 is 1.71 bits per heavy atom. The molecule has 2 aromatic rings. The van der Waals surface area contributed by atoms with E-state index in [1.165, 1.54) is 11.9 Å². The van der Waals surface area contributed by atoms with Crippen molar-refractivity contribution in [2.45, 2.75) is 52.1 Å². The number of methoxy groups -OCH3 is 1. The molecule has 0 bridgehead atoms. The van der Waals surface area contributed by atoms with Crippen molar-refractivity contribution in [2.75, 3.05) is 31.3 Å². The van der Waals surface area contributed by atoms with Gasteiger partial charge in [-0.25, -0.2) is 8.42 Å². The molecule has 9 heteroatoms.